The van der Waals surface area contributed by atoms with Gasteiger partial charge in [-0.2, -0.15) is 0 Å². The van der Waals surface area contributed by atoms with Crippen LogP contribution in [0.15, 0.2) is 48.5 Å². The van der Waals surface area contributed by atoms with Gasteiger partial charge in [-0.05, 0) is 62.3 Å². The van der Waals surface area contributed by atoms with E-state index >= 15 is 0 Å². The molecule has 1 atom stereocenters. The molecule has 8 heteroatoms. The molecule has 0 unspecified atom stereocenters. The van der Waals surface area contributed by atoms with Crippen molar-refractivity contribution in [3.8, 4) is 17.2 Å². The number of carbonyl (C=O) groups excluding carboxylic acids is 2. The minimum absolute atomic E-state index is 0.00844. The average molecular weight is 607 g/mol. The molecule has 2 heterocycles. The molecule has 232 valence electrons. The van der Waals surface area contributed by atoms with Gasteiger partial charge in [0.1, 0.15) is 0 Å². The van der Waals surface area contributed by atoms with Crippen LogP contribution in [0.3, 0.4) is 0 Å². The number of amides is 1. The van der Waals surface area contributed by atoms with Gasteiger partial charge >= 0.3 is 0 Å². The average Bonchev–Trinajstić information content (AvgIpc) is 3.49. The summed E-state index contributed by atoms with van der Waals surface area (Å²) in [6.07, 6.45) is 5.14. The fraction of sp³-hybridized carbons (Fsp3) is 0.486. The molecular formula is C35H46N2O5S. The molecule has 0 radical (unpaired) electrons. The fourth-order valence-corrected chi connectivity index (χ4v) is 6.64. The number of Topliss-reactive ketones (excluding diaryl/α,β-unsaturated/α-hetero) is 1. The Morgan fingerprint density at radius 1 is 0.814 bits per heavy atom. The number of benzene rings is 2. The number of rotatable bonds is 15. The van der Waals surface area contributed by atoms with E-state index in [9.17, 15) is 9.59 Å². The van der Waals surface area contributed by atoms with Crippen LogP contribution in [-0.2, 0) is 24.2 Å². The molecule has 7 nitrogen and oxygen atoms in total. The summed E-state index contributed by atoms with van der Waals surface area (Å²) < 4.78 is 16.6. The number of aryl methyl sites for hydroxylation is 3. The lowest BCUT2D eigenvalue weighted by molar-refractivity contribution is -0.133. The smallest absolute Gasteiger partial charge is 0.222 e. The SMILES string of the molecule is COc1ccc(CN2CCN(C(=O)C[C@@H](C)CC(=O)c3ccc(CCCCc4ccc(C)cc4)s3)CC2)c(OC)c1OC. The standard InChI is InChI=1S/C35H46N2O5S/c1-25-10-12-27(13-11-25)8-6-7-9-29-15-17-32(43-29)30(38)22-26(2)23-33(39)37-20-18-36(19-21-37)24-28-14-16-31(40-3)35(42-5)34(28)41-4/h10-17,26H,6-9,18-24H2,1-5H3/t26-/m0/s1. The molecule has 0 N–H and O–H groups in total. The van der Waals surface area contributed by atoms with Gasteiger partial charge in [0.25, 0.3) is 0 Å². The summed E-state index contributed by atoms with van der Waals surface area (Å²) >= 11 is 1.61. The second-order valence-corrected chi connectivity index (χ2v) is 12.7. The Labute approximate surface area is 260 Å². The minimum atomic E-state index is 0.00844. The Morgan fingerprint density at radius 2 is 1.51 bits per heavy atom. The third-order valence-corrected chi connectivity index (χ3v) is 9.34. The lowest BCUT2D eigenvalue weighted by Crippen LogP contribution is -2.48. The van der Waals surface area contributed by atoms with Gasteiger partial charge in [0.05, 0.1) is 26.2 Å². The zero-order chi connectivity index (χ0) is 30.8. The zero-order valence-corrected chi connectivity index (χ0v) is 27.1. The third-order valence-electron chi connectivity index (χ3n) is 8.16. The van der Waals surface area contributed by atoms with Crippen LogP contribution in [0.1, 0.15) is 63.8 Å². The van der Waals surface area contributed by atoms with Gasteiger partial charge in [-0.3, -0.25) is 14.5 Å². The summed E-state index contributed by atoms with van der Waals surface area (Å²) in [6.45, 7) is 7.73. The summed E-state index contributed by atoms with van der Waals surface area (Å²) in [6, 6.07) is 16.7. The lowest BCUT2D eigenvalue weighted by atomic mass is 9.99. The molecule has 4 rings (SSSR count). The van der Waals surface area contributed by atoms with Crippen molar-refractivity contribution in [3.05, 3.63) is 75.0 Å². The van der Waals surface area contributed by atoms with Crippen LogP contribution >= 0.6 is 11.3 Å². The lowest BCUT2D eigenvalue weighted by Gasteiger charge is -2.35. The van der Waals surface area contributed by atoms with Crippen LogP contribution in [-0.4, -0.2) is 69.0 Å². The summed E-state index contributed by atoms with van der Waals surface area (Å²) in [4.78, 5) is 32.4. The molecule has 0 saturated carbocycles. The number of carbonyl (C=O) groups is 2. The van der Waals surface area contributed by atoms with Gasteiger partial charge in [-0.25, -0.2) is 0 Å². The van der Waals surface area contributed by atoms with Crippen LogP contribution in [0.25, 0.3) is 0 Å². The molecule has 0 bridgehead atoms. The Bertz CT molecular complexity index is 1340. The fourth-order valence-electron chi connectivity index (χ4n) is 5.65. The van der Waals surface area contributed by atoms with E-state index in [-0.39, 0.29) is 17.6 Å². The highest BCUT2D eigenvalue weighted by Gasteiger charge is 2.25. The number of thiophene rings is 1. The molecule has 1 aliphatic rings. The van der Waals surface area contributed by atoms with Gasteiger partial charge in [0.15, 0.2) is 17.3 Å². The van der Waals surface area contributed by atoms with Gasteiger partial charge in [-0.1, -0.05) is 42.8 Å². The molecule has 43 heavy (non-hydrogen) atoms. The van der Waals surface area contributed by atoms with Gasteiger partial charge in [0.2, 0.25) is 11.7 Å². The van der Waals surface area contributed by atoms with Crippen molar-refractivity contribution < 1.29 is 23.8 Å². The van der Waals surface area contributed by atoms with E-state index in [1.807, 2.05) is 30.0 Å². The Kier molecular flexibility index (Phi) is 12.1. The van der Waals surface area contributed by atoms with Crippen molar-refractivity contribution >= 4 is 23.0 Å². The number of ether oxygens (including phenoxy) is 3. The third kappa shape index (κ3) is 9.07. The van der Waals surface area contributed by atoms with Crippen molar-refractivity contribution in [3.63, 3.8) is 0 Å². The molecule has 2 aromatic carbocycles. The summed E-state index contributed by atoms with van der Waals surface area (Å²) in [5.74, 6) is 2.18. The maximum atomic E-state index is 13.1. The number of ketones is 1. The number of unbranched alkanes of at least 4 members (excludes halogenated alkanes) is 1. The molecule has 3 aromatic rings. The van der Waals surface area contributed by atoms with E-state index in [1.54, 1.807) is 32.7 Å². The number of hydrogen-bond acceptors (Lipinski definition) is 7. The first-order chi connectivity index (χ1) is 20.8. The van der Waals surface area contributed by atoms with Crippen LogP contribution in [0.5, 0.6) is 17.2 Å². The van der Waals surface area contributed by atoms with E-state index in [2.05, 4.69) is 42.2 Å². The summed E-state index contributed by atoms with van der Waals surface area (Å²) in [5, 5.41) is 0. The number of methoxy groups -OCH3 is 3. The van der Waals surface area contributed by atoms with Crippen LogP contribution in [0, 0.1) is 12.8 Å². The maximum Gasteiger partial charge on any atom is 0.222 e. The number of hydrogen-bond donors (Lipinski definition) is 0. The first kappa shape index (κ1) is 32.6. The molecule has 1 saturated heterocycles. The second kappa shape index (κ2) is 15.9. The highest BCUT2D eigenvalue weighted by molar-refractivity contribution is 7.14. The Hall–Kier alpha value is -3.36. The molecule has 1 amide bonds. The molecule has 0 aliphatic carbocycles. The molecule has 0 spiro atoms. The van der Waals surface area contributed by atoms with Crippen molar-refractivity contribution in [2.24, 2.45) is 5.92 Å². The predicted octanol–water partition coefficient (Wildman–Crippen LogP) is 6.59. The zero-order valence-electron chi connectivity index (χ0n) is 26.3. The number of piperazine rings is 1. The first-order valence-electron chi connectivity index (χ1n) is 15.3. The van der Waals surface area contributed by atoms with E-state index < -0.39 is 0 Å². The Balaban J connectivity index is 1.18. The second-order valence-electron chi connectivity index (χ2n) is 11.5. The van der Waals surface area contributed by atoms with Crippen molar-refractivity contribution in [2.75, 3.05) is 47.5 Å². The number of nitrogens with zero attached hydrogens (tertiary/aromatic N) is 2. The van der Waals surface area contributed by atoms with E-state index in [0.717, 1.165) is 49.2 Å². The van der Waals surface area contributed by atoms with E-state index in [4.69, 9.17) is 14.2 Å². The topological polar surface area (TPSA) is 68.3 Å². The van der Waals surface area contributed by atoms with E-state index in [1.165, 1.54) is 16.0 Å². The van der Waals surface area contributed by atoms with Crippen molar-refractivity contribution in [2.45, 2.75) is 58.9 Å². The minimum Gasteiger partial charge on any atom is -0.493 e. The van der Waals surface area contributed by atoms with Gasteiger partial charge < -0.3 is 19.1 Å². The first-order valence-corrected chi connectivity index (χ1v) is 16.1. The summed E-state index contributed by atoms with van der Waals surface area (Å²) in [7, 11) is 4.85. The van der Waals surface area contributed by atoms with Crippen LogP contribution < -0.4 is 14.2 Å². The van der Waals surface area contributed by atoms with Crippen molar-refractivity contribution in [1.29, 1.82) is 0 Å². The highest BCUT2D eigenvalue weighted by atomic mass is 32.1. The molecular weight excluding hydrogens is 560 g/mol. The monoisotopic (exact) mass is 606 g/mol. The highest BCUT2D eigenvalue weighted by Crippen LogP contribution is 2.40. The normalized spacial score (nSPS) is 14.4. The van der Waals surface area contributed by atoms with Crippen LogP contribution in [0.2, 0.25) is 0 Å². The molecule has 1 fully saturated rings. The van der Waals surface area contributed by atoms with Gasteiger partial charge in [0, 0.05) is 56.0 Å². The summed E-state index contributed by atoms with van der Waals surface area (Å²) in [5.41, 5.74) is 3.70. The maximum absolute atomic E-state index is 13.1. The quantitative estimate of drug-likeness (QED) is 0.144. The predicted molar refractivity (Wildman–Crippen MR) is 173 cm³/mol. The van der Waals surface area contributed by atoms with Crippen LogP contribution in [0.4, 0.5) is 0 Å². The van der Waals surface area contributed by atoms with Gasteiger partial charge in [-0.15, -0.1) is 11.3 Å². The molecule has 1 aliphatic heterocycles. The molecule has 1 aromatic heterocycles. The van der Waals surface area contributed by atoms with Crippen molar-refractivity contribution in [1.82, 2.24) is 9.80 Å². The largest absolute Gasteiger partial charge is 0.493 e. The Morgan fingerprint density at radius 3 is 2.19 bits per heavy atom. The van der Waals surface area contributed by atoms with E-state index in [0.29, 0.717) is 49.7 Å².